The number of benzene rings is 2. The number of hydrogen-bond donors (Lipinski definition) is 0. The highest BCUT2D eigenvalue weighted by Crippen LogP contribution is 2.49. The zero-order chi connectivity index (χ0) is 31.4. The van der Waals surface area contributed by atoms with Crippen molar-refractivity contribution in [3.05, 3.63) is 64.8 Å². The van der Waals surface area contributed by atoms with E-state index >= 15 is 0 Å². The van der Waals surface area contributed by atoms with Crippen molar-refractivity contribution in [1.29, 1.82) is 0 Å². The molecule has 212 valence electrons. The first-order valence-electron chi connectivity index (χ1n) is 14.0. The highest BCUT2D eigenvalue weighted by atomic mass is 32.2. The number of thioether (sulfide) groups is 1. The van der Waals surface area contributed by atoms with Crippen LogP contribution in [0.3, 0.4) is 0 Å². The molecular formula is C28H28F4N4O3S. The van der Waals surface area contributed by atoms with Gasteiger partial charge in [0.1, 0.15) is 11.6 Å². The van der Waals surface area contributed by atoms with Gasteiger partial charge in [-0.2, -0.15) is 18.2 Å². The lowest BCUT2D eigenvalue weighted by Gasteiger charge is -2.45. The Balaban J connectivity index is 1.75. The van der Waals surface area contributed by atoms with Gasteiger partial charge in [-0.1, -0.05) is 18.7 Å². The summed E-state index contributed by atoms with van der Waals surface area (Å²) in [7, 11) is 1.46. The van der Waals surface area contributed by atoms with Crippen LogP contribution >= 0.6 is 11.8 Å². The van der Waals surface area contributed by atoms with Gasteiger partial charge in [0.05, 0.1) is 27.8 Å². The van der Waals surface area contributed by atoms with Crippen molar-refractivity contribution < 1.29 is 31.2 Å². The largest absolute Gasteiger partial charge is 0.417 e. The molecule has 0 spiro atoms. The SMILES string of the molecule is [2H]C([2H])=C([2H])C(=O)N1[C@H](C)CN(c2nc(=O)n3c4c(c(-c5ccc(F)cc5)c(C(F)(F)F)cc24)SC[C@@H]3COC)C[C@@H]1C. The lowest BCUT2D eigenvalue weighted by Crippen LogP contribution is -2.58. The zero-order valence-corrected chi connectivity index (χ0v) is 22.7. The van der Waals surface area contributed by atoms with Gasteiger partial charge in [-0.3, -0.25) is 9.36 Å². The van der Waals surface area contributed by atoms with E-state index in [1.807, 2.05) is 0 Å². The smallest absolute Gasteiger partial charge is 0.383 e. The Hall–Kier alpha value is -3.38. The molecule has 0 aliphatic carbocycles. The number of amides is 1. The second-order valence-electron chi connectivity index (χ2n) is 9.98. The third kappa shape index (κ3) is 4.77. The fraction of sp³-hybridized carbons (Fsp3) is 0.393. The maximum Gasteiger partial charge on any atom is 0.417 e. The monoisotopic (exact) mass is 579 g/mol. The highest BCUT2D eigenvalue weighted by molar-refractivity contribution is 7.99. The van der Waals surface area contributed by atoms with Crippen LogP contribution in [0.2, 0.25) is 0 Å². The molecule has 1 amide bonds. The number of aromatic nitrogens is 2. The average Bonchev–Trinajstić information content (AvgIpc) is 2.94. The predicted molar refractivity (Wildman–Crippen MR) is 146 cm³/mol. The predicted octanol–water partition coefficient (Wildman–Crippen LogP) is 5.13. The van der Waals surface area contributed by atoms with Crippen LogP contribution in [0.25, 0.3) is 22.0 Å². The van der Waals surface area contributed by atoms with E-state index in [0.717, 1.165) is 18.2 Å². The van der Waals surface area contributed by atoms with Gasteiger partial charge >= 0.3 is 11.9 Å². The quantitative estimate of drug-likeness (QED) is 0.309. The van der Waals surface area contributed by atoms with Crippen LogP contribution < -0.4 is 10.6 Å². The molecule has 3 atom stereocenters. The number of rotatable bonds is 5. The Morgan fingerprint density at radius 2 is 1.95 bits per heavy atom. The number of carbonyl (C=O) groups excluding carboxylic acids is 1. The van der Waals surface area contributed by atoms with E-state index in [9.17, 15) is 27.2 Å². The van der Waals surface area contributed by atoms with Crippen LogP contribution in [-0.4, -0.2) is 65.0 Å². The van der Waals surface area contributed by atoms with Crippen LogP contribution in [0.1, 0.15) is 29.6 Å². The molecule has 0 radical (unpaired) electrons. The van der Waals surface area contributed by atoms with Gasteiger partial charge in [0.2, 0.25) is 5.91 Å². The second kappa shape index (κ2) is 10.5. The van der Waals surface area contributed by atoms with Crippen LogP contribution in [0.5, 0.6) is 0 Å². The standard InChI is InChI=1S/C28H28F4N4O3S/c1-5-22(37)35-15(2)11-34(12-16(35)3)26-20-10-21(28(30,31)32)23(17-6-8-18(29)9-7-17)25-24(20)36(27(38)33-26)19(13-39-4)14-40-25/h5-10,15-16,19H,1,11-14H2,2-4H3/t15-,16+,19-/m0/s1/i1D2,5D. The number of methoxy groups -OCH3 is 1. The molecule has 3 heterocycles. The molecule has 1 aromatic heterocycles. The molecule has 3 aromatic rings. The van der Waals surface area contributed by atoms with E-state index in [1.165, 1.54) is 40.5 Å². The molecule has 1 fully saturated rings. The lowest BCUT2D eigenvalue weighted by atomic mass is 9.95. The molecule has 5 rings (SSSR count). The van der Waals surface area contributed by atoms with Gasteiger partial charge in [0.25, 0.3) is 0 Å². The normalized spacial score (nSPS) is 22.1. The van der Waals surface area contributed by atoms with Crippen molar-refractivity contribution in [2.24, 2.45) is 0 Å². The van der Waals surface area contributed by atoms with Gasteiger partial charge in [0.15, 0.2) is 0 Å². The van der Waals surface area contributed by atoms with Crippen molar-refractivity contribution >= 4 is 34.4 Å². The molecular weight excluding hydrogens is 548 g/mol. The van der Waals surface area contributed by atoms with E-state index in [4.69, 9.17) is 8.85 Å². The molecule has 2 aliphatic heterocycles. The van der Waals surface area contributed by atoms with E-state index in [1.54, 1.807) is 18.7 Å². The summed E-state index contributed by atoms with van der Waals surface area (Å²) >= 11 is 1.17. The first-order chi connectivity index (χ1) is 20.2. The average molecular weight is 580 g/mol. The Morgan fingerprint density at radius 1 is 1.27 bits per heavy atom. The molecule has 7 nitrogen and oxygen atoms in total. The summed E-state index contributed by atoms with van der Waals surface area (Å²) in [5, 5.41) is 0.0981. The molecule has 0 bridgehead atoms. The number of halogens is 4. The number of ether oxygens (including phenoxy) is 1. The van der Waals surface area contributed by atoms with Gasteiger partial charge in [-0.15, -0.1) is 11.8 Å². The van der Waals surface area contributed by atoms with Crippen LogP contribution in [0.15, 0.2) is 52.6 Å². The lowest BCUT2D eigenvalue weighted by molar-refractivity contribution is -0.137. The van der Waals surface area contributed by atoms with E-state index < -0.39 is 59.9 Å². The molecule has 2 aromatic carbocycles. The van der Waals surface area contributed by atoms with Crippen molar-refractivity contribution in [3.8, 4) is 11.1 Å². The van der Waals surface area contributed by atoms with E-state index in [2.05, 4.69) is 4.98 Å². The van der Waals surface area contributed by atoms with E-state index in [-0.39, 0.29) is 58.2 Å². The van der Waals surface area contributed by atoms with Crippen molar-refractivity contribution in [2.75, 3.05) is 37.5 Å². The topological polar surface area (TPSA) is 67.7 Å². The fourth-order valence-electron chi connectivity index (χ4n) is 5.73. The van der Waals surface area contributed by atoms with Crippen molar-refractivity contribution in [3.63, 3.8) is 0 Å². The van der Waals surface area contributed by atoms with Gasteiger partial charge in [-0.25, -0.2) is 9.18 Å². The summed E-state index contributed by atoms with van der Waals surface area (Å²) in [4.78, 5) is 34.0. The number of anilines is 1. The van der Waals surface area contributed by atoms with Crippen molar-refractivity contribution in [1.82, 2.24) is 14.5 Å². The molecule has 12 heteroatoms. The number of alkyl halides is 3. The zero-order valence-electron chi connectivity index (χ0n) is 24.9. The van der Waals surface area contributed by atoms with Crippen LogP contribution in [0, 0.1) is 5.82 Å². The van der Waals surface area contributed by atoms with Crippen LogP contribution in [-0.2, 0) is 15.7 Å². The summed E-state index contributed by atoms with van der Waals surface area (Å²) in [5.41, 5.74) is -1.36. The minimum atomic E-state index is -4.80. The summed E-state index contributed by atoms with van der Waals surface area (Å²) in [6.07, 6.45) is -4.80. The van der Waals surface area contributed by atoms with Gasteiger partial charge < -0.3 is 14.5 Å². The number of carbonyl (C=O) groups is 1. The number of nitrogens with zero attached hydrogens (tertiary/aromatic N) is 4. The first kappa shape index (κ1) is 24.4. The molecule has 40 heavy (non-hydrogen) atoms. The first-order valence-corrected chi connectivity index (χ1v) is 13.5. The Bertz CT molecular complexity index is 1670. The summed E-state index contributed by atoms with van der Waals surface area (Å²) in [5.74, 6) is -1.12. The van der Waals surface area contributed by atoms with Crippen LogP contribution in [0.4, 0.5) is 23.4 Å². The molecule has 0 N–H and O–H groups in total. The fourth-order valence-corrected chi connectivity index (χ4v) is 7.06. The third-order valence-corrected chi connectivity index (χ3v) is 8.52. The van der Waals surface area contributed by atoms with Gasteiger partial charge in [0, 0.05) is 53.9 Å². The minimum absolute atomic E-state index is 0.0291. The molecule has 1 saturated heterocycles. The van der Waals surface area contributed by atoms with E-state index in [0.29, 0.717) is 0 Å². The second-order valence-corrected chi connectivity index (χ2v) is 11.0. The Labute approximate surface area is 236 Å². The summed E-state index contributed by atoms with van der Waals surface area (Å²) in [6.45, 7) is 2.71. The molecule has 0 saturated carbocycles. The Morgan fingerprint density at radius 3 is 2.55 bits per heavy atom. The third-order valence-electron chi connectivity index (χ3n) is 7.29. The Kier molecular flexibility index (Phi) is 6.44. The maximum absolute atomic E-state index is 14.7. The van der Waals surface area contributed by atoms with Gasteiger partial charge in [-0.05, 0) is 43.7 Å². The molecule has 2 aliphatic rings. The minimum Gasteiger partial charge on any atom is -0.383 e. The number of hydrogen-bond acceptors (Lipinski definition) is 6. The summed E-state index contributed by atoms with van der Waals surface area (Å²) < 4.78 is 87.2. The number of piperazine rings is 1. The molecule has 0 unspecified atom stereocenters. The van der Waals surface area contributed by atoms with Crippen molar-refractivity contribution in [2.45, 2.75) is 43.0 Å². The highest BCUT2D eigenvalue weighted by Gasteiger charge is 2.40. The summed E-state index contributed by atoms with van der Waals surface area (Å²) in [6, 6.07) is 3.27. The maximum atomic E-state index is 14.7.